The Balaban J connectivity index is 0. The normalized spacial score (nSPS) is 13.9. The maximum absolute atomic E-state index is 6.64. The molecule has 0 aliphatic rings. The minimum Gasteiger partial charge on any atom is -0.396 e. The smallest absolute Gasteiger partial charge is 0.210 e. The van der Waals surface area contributed by atoms with Crippen molar-refractivity contribution in [2.45, 2.75) is 40.0 Å². The molecule has 0 fully saturated rings. The molecule has 12 heavy (non-hydrogen) atoms. The first-order valence-corrected chi connectivity index (χ1v) is 4.57. The summed E-state index contributed by atoms with van der Waals surface area (Å²) in [5.41, 5.74) is 0. The van der Waals surface area contributed by atoms with Crippen LogP contribution in [-0.2, 0) is 0 Å². The van der Waals surface area contributed by atoms with Gasteiger partial charge < -0.3 is 10.4 Å². The van der Waals surface area contributed by atoms with Gasteiger partial charge in [-0.3, -0.25) is 0 Å². The van der Waals surface area contributed by atoms with E-state index in [1.807, 2.05) is 7.05 Å². The van der Waals surface area contributed by atoms with Gasteiger partial charge in [0.25, 0.3) is 0 Å². The minimum absolute atomic E-state index is 0.583. The highest BCUT2D eigenvalue weighted by atomic mass is 16.3. The molecule has 0 saturated carbocycles. The van der Waals surface area contributed by atoms with Crippen molar-refractivity contribution in [1.82, 2.24) is 5.32 Å². The minimum atomic E-state index is 0.583. The number of hydrogen-bond acceptors (Lipinski definition) is 2. The third-order valence-corrected chi connectivity index (χ3v) is 2.10. The summed E-state index contributed by atoms with van der Waals surface area (Å²) in [5.74, 6) is 0.583. The molecular formula is C10H25NO. The fraction of sp³-hybridized carbons (Fsp3) is 1.00. The van der Waals surface area contributed by atoms with Crippen LogP contribution < -0.4 is 5.32 Å². The third-order valence-electron chi connectivity index (χ3n) is 2.10. The standard InChI is InChI=1S/C9H21NO.CH4/c1-3-9(8-11)6-4-5-7-10-2;/h9-11H,3-8H2,1-2H3;1H4/i11D;1T. The molecule has 0 saturated heterocycles. The molecule has 1 unspecified atom stereocenters. The van der Waals surface area contributed by atoms with E-state index in [2.05, 4.69) is 17.3 Å². The lowest BCUT2D eigenvalue weighted by atomic mass is 10.0. The lowest BCUT2D eigenvalue weighted by Gasteiger charge is -2.10. The molecule has 2 heteroatoms. The Labute approximate surface area is 80.3 Å². The molecule has 0 aliphatic heterocycles. The molecule has 1 atom stereocenters. The fourth-order valence-electron chi connectivity index (χ4n) is 1.14. The summed E-state index contributed by atoms with van der Waals surface area (Å²) < 4.78 is 12.4. The summed E-state index contributed by atoms with van der Waals surface area (Å²) in [7, 11) is 3.23. The second-order valence-electron chi connectivity index (χ2n) is 3.04. The Morgan fingerprint density at radius 3 is 2.92 bits per heavy atom. The average molecular weight is 178 g/mol. The van der Waals surface area contributed by atoms with Crippen LogP contribution in [0.15, 0.2) is 0 Å². The van der Waals surface area contributed by atoms with Crippen LogP contribution in [0.3, 0.4) is 0 Å². The number of unbranched alkanes of at least 4 members (excludes halogenated alkanes) is 1. The van der Waals surface area contributed by atoms with Crippen LogP contribution in [0.2, 0.25) is 0 Å². The van der Waals surface area contributed by atoms with Crippen LogP contribution in [0.1, 0.15) is 41.4 Å². The van der Waals surface area contributed by atoms with E-state index in [0.717, 1.165) is 13.0 Å². The zero-order chi connectivity index (χ0) is 11.2. The maximum Gasteiger partial charge on any atom is 0.210 e. The molecule has 2 N–H and O–H groups in total. The van der Waals surface area contributed by atoms with E-state index in [4.69, 9.17) is 2.80 Å². The van der Waals surface area contributed by atoms with Gasteiger partial charge in [0.05, 0.1) is 0 Å². The first-order valence-electron chi connectivity index (χ1n) is 5.98. The number of aliphatic hydroxyl groups is 1. The highest BCUT2D eigenvalue weighted by molar-refractivity contribution is 4.55. The first kappa shape index (κ1) is 10.0. The molecule has 76 valence electrons. The van der Waals surface area contributed by atoms with Gasteiger partial charge in [0, 0.05) is 7.98 Å². The van der Waals surface area contributed by atoms with Crippen LogP contribution >= 0.6 is 0 Å². The van der Waals surface area contributed by atoms with Gasteiger partial charge >= 0.3 is 0 Å². The Morgan fingerprint density at radius 1 is 1.67 bits per heavy atom. The van der Waals surface area contributed by atoms with Gasteiger partial charge in [-0.25, -0.2) is 0 Å². The monoisotopic (exact) mass is 178 g/mol. The quantitative estimate of drug-likeness (QED) is 0.557. The van der Waals surface area contributed by atoms with Gasteiger partial charge in [0.15, 0.2) is 0 Å². The zero-order valence-electron chi connectivity index (χ0n) is 10.7. The van der Waals surface area contributed by atoms with Crippen LogP contribution in [0.25, 0.3) is 0 Å². The Kier molecular flexibility index (Phi) is 9.10. The van der Waals surface area contributed by atoms with E-state index in [1.165, 1.54) is 26.7 Å². The van der Waals surface area contributed by atoms with Crippen molar-refractivity contribution in [2.75, 3.05) is 20.2 Å². The van der Waals surface area contributed by atoms with Gasteiger partial charge in [-0.05, 0) is 32.4 Å². The summed E-state index contributed by atoms with van der Waals surface area (Å²) in [6, 6.07) is 0. The highest BCUT2D eigenvalue weighted by Crippen LogP contribution is 2.10. The summed E-state index contributed by atoms with van der Waals surface area (Å²) in [5, 5.41) is 7.51. The molecule has 0 bridgehead atoms. The number of rotatable bonds is 8. The topological polar surface area (TPSA) is 32.3 Å². The molecule has 0 aromatic carbocycles. The van der Waals surface area contributed by atoms with Crippen LogP contribution in [0, 0.1) is 5.92 Å². The van der Waals surface area contributed by atoms with E-state index >= 15 is 0 Å². The van der Waals surface area contributed by atoms with Crippen LogP contribution in [-0.4, -0.2) is 26.7 Å². The third kappa shape index (κ3) is 8.02. The molecule has 0 rings (SSSR count). The van der Waals surface area contributed by atoms with Crippen molar-refractivity contribution >= 4 is 0 Å². The Bertz CT molecular complexity index is 94.2. The molecule has 0 spiro atoms. The van der Waals surface area contributed by atoms with Gasteiger partial charge in [-0.15, -0.1) is 0 Å². The van der Waals surface area contributed by atoms with Crippen molar-refractivity contribution in [1.29, 1.82) is 1.43 Å². The van der Waals surface area contributed by atoms with Crippen molar-refractivity contribution in [3.8, 4) is 0 Å². The predicted octanol–water partition coefficient (Wildman–Crippen LogP) is 2.03. The average Bonchev–Trinajstić information content (AvgIpc) is 2.25. The number of aliphatic hydroxyl groups excluding tert-OH is 1. The van der Waals surface area contributed by atoms with Crippen molar-refractivity contribution in [2.24, 2.45) is 5.92 Å². The maximum atomic E-state index is 6.64. The van der Waals surface area contributed by atoms with Gasteiger partial charge in [-0.2, -0.15) is 0 Å². The van der Waals surface area contributed by atoms with Crippen molar-refractivity contribution in [3.63, 3.8) is 0 Å². The Hall–Kier alpha value is -0.0800. The lowest BCUT2D eigenvalue weighted by molar-refractivity contribution is 0.212. The molecule has 0 aromatic heterocycles. The molecule has 0 aliphatic carbocycles. The van der Waals surface area contributed by atoms with E-state index in [-0.39, 0.29) is 0 Å². The molecule has 0 aromatic rings. The van der Waals surface area contributed by atoms with E-state index < -0.39 is 0 Å². The second kappa shape index (κ2) is 10.9. The molecule has 0 heterocycles. The fourth-order valence-corrected chi connectivity index (χ4v) is 1.14. The molecule has 0 amide bonds. The van der Waals surface area contributed by atoms with Crippen molar-refractivity contribution < 1.29 is 6.48 Å². The Morgan fingerprint density at radius 2 is 2.42 bits per heavy atom. The lowest BCUT2D eigenvalue weighted by Crippen LogP contribution is -2.09. The van der Waals surface area contributed by atoms with E-state index in [0.29, 0.717) is 12.5 Å². The van der Waals surface area contributed by atoms with E-state index in [1.54, 1.807) is 0 Å². The summed E-state index contributed by atoms with van der Waals surface area (Å²) in [6.07, 6.45) is 4.78. The largest absolute Gasteiger partial charge is 0.396 e. The van der Waals surface area contributed by atoms with Crippen molar-refractivity contribution in [3.05, 3.63) is 0 Å². The highest BCUT2D eigenvalue weighted by Gasteiger charge is 2.02. The van der Waals surface area contributed by atoms with E-state index in [9.17, 15) is 0 Å². The van der Waals surface area contributed by atoms with Gasteiger partial charge in [0.1, 0.15) is 0 Å². The summed E-state index contributed by atoms with van der Waals surface area (Å²) in [6.45, 7) is 3.84. The van der Waals surface area contributed by atoms with Gasteiger partial charge in [0.2, 0.25) is 1.43 Å². The molecule has 2 nitrogen and oxygen atoms in total. The van der Waals surface area contributed by atoms with Gasteiger partial charge in [-0.1, -0.05) is 27.2 Å². The summed E-state index contributed by atoms with van der Waals surface area (Å²) >= 11 is 0. The van der Waals surface area contributed by atoms with Crippen LogP contribution in [0.4, 0.5) is 0 Å². The first-order chi connectivity index (χ1) is 6.85. The molecule has 0 radical (unpaired) electrons. The number of nitrogens with one attached hydrogen (secondary N) is 1. The zero-order valence-corrected chi connectivity index (χ0v) is 8.73. The predicted molar refractivity (Wildman–Crippen MR) is 55.4 cm³/mol. The second-order valence-corrected chi connectivity index (χ2v) is 3.04. The number of hydrogen-bond donors (Lipinski definition) is 2. The molecular weight excluding hydrogens is 150 g/mol. The summed E-state index contributed by atoms with van der Waals surface area (Å²) in [4.78, 5) is 0. The van der Waals surface area contributed by atoms with Crippen LogP contribution in [0.5, 0.6) is 0 Å². The SMILES string of the molecule is [2H]OCC(CC)CCCCNC.[3H]C.